The summed E-state index contributed by atoms with van der Waals surface area (Å²) >= 11 is 0. The first-order chi connectivity index (χ1) is 16.0. The highest BCUT2D eigenvalue weighted by molar-refractivity contribution is 6.15. The summed E-state index contributed by atoms with van der Waals surface area (Å²) in [4.78, 5) is 25.2. The van der Waals surface area contributed by atoms with E-state index in [4.69, 9.17) is 14.2 Å². The van der Waals surface area contributed by atoms with Crippen molar-refractivity contribution in [1.82, 2.24) is 4.57 Å². The van der Waals surface area contributed by atoms with Crippen LogP contribution < -0.4 is 14.2 Å². The zero-order valence-corrected chi connectivity index (χ0v) is 18.2. The number of aromatic nitrogens is 1. The van der Waals surface area contributed by atoms with E-state index in [0.717, 1.165) is 22.2 Å². The summed E-state index contributed by atoms with van der Waals surface area (Å²) < 4.78 is 18.9. The fraction of sp³-hybridized carbons (Fsp3) is 0.111. The molecule has 0 bridgehead atoms. The number of Topliss-reactive ketones (excluding diaryl/α,β-unsaturated/α-hetero) is 2. The average Bonchev–Trinajstić information content (AvgIpc) is 3.33. The number of ether oxygens (including phenoxy) is 3. The minimum Gasteiger partial charge on any atom is -0.497 e. The highest BCUT2D eigenvalue weighted by Gasteiger charge is 2.28. The number of benzene rings is 3. The zero-order chi connectivity index (χ0) is 22.9. The minimum absolute atomic E-state index is 0.0999. The van der Waals surface area contributed by atoms with Crippen LogP contribution >= 0.6 is 0 Å². The maximum atomic E-state index is 12.9. The van der Waals surface area contributed by atoms with E-state index in [0.29, 0.717) is 22.6 Å². The van der Waals surface area contributed by atoms with Crippen molar-refractivity contribution in [2.45, 2.75) is 0 Å². The van der Waals surface area contributed by atoms with Gasteiger partial charge in [0.05, 0.1) is 12.7 Å². The van der Waals surface area contributed by atoms with Gasteiger partial charge in [-0.15, -0.1) is 0 Å². The molecule has 0 spiro atoms. The lowest BCUT2D eigenvalue weighted by molar-refractivity contribution is 0.0921. The number of ketones is 2. The standard InChI is InChI=1S/C27H21NO5/c1-28-15-18(22-13-19(31-2)9-11-23(22)28)12-26-27(30)21-10-8-20(14-25(21)33-26)32-16-24(29)17-6-4-3-5-7-17/h3-15H,16H2,1-2H3/b26-12-. The number of fused-ring (bicyclic) bond motifs is 2. The first-order valence-electron chi connectivity index (χ1n) is 10.5. The van der Waals surface area contributed by atoms with Crippen molar-refractivity contribution in [3.05, 3.63) is 95.4 Å². The van der Waals surface area contributed by atoms with Crippen LogP contribution in [0.5, 0.6) is 17.2 Å². The van der Waals surface area contributed by atoms with E-state index in [1.165, 1.54) is 0 Å². The molecular formula is C27H21NO5. The molecule has 5 rings (SSSR count). The molecule has 1 aliphatic heterocycles. The Morgan fingerprint density at radius 1 is 1.03 bits per heavy atom. The van der Waals surface area contributed by atoms with Gasteiger partial charge in [-0.05, 0) is 36.4 Å². The van der Waals surface area contributed by atoms with Gasteiger partial charge < -0.3 is 18.8 Å². The van der Waals surface area contributed by atoms with Gasteiger partial charge in [-0.3, -0.25) is 9.59 Å². The molecule has 0 saturated carbocycles. The van der Waals surface area contributed by atoms with Crippen molar-refractivity contribution >= 4 is 28.5 Å². The summed E-state index contributed by atoms with van der Waals surface area (Å²) in [6, 6.07) is 19.7. The number of methoxy groups -OCH3 is 1. The van der Waals surface area contributed by atoms with Crippen LogP contribution in [0.25, 0.3) is 17.0 Å². The summed E-state index contributed by atoms with van der Waals surface area (Å²) in [7, 11) is 3.57. The number of hydrogen-bond donors (Lipinski definition) is 0. The Morgan fingerprint density at radius 2 is 1.82 bits per heavy atom. The smallest absolute Gasteiger partial charge is 0.231 e. The first kappa shape index (κ1) is 20.6. The predicted molar refractivity (Wildman–Crippen MR) is 125 cm³/mol. The Morgan fingerprint density at radius 3 is 2.61 bits per heavy atom. The molecule has 0 fully saturated rings. The Labute approximate surface area is 190 Å². The highest BCUT2D eigenvalue weighted by Crippen LogP contribution is 2.36. The Kier molecular flexibility index (Phi) is 5.18. The first-order valence-corrected chi connectivity index (χ1v) is 10.5. The molecule has 0 amide bonds. The number of rotatable bonds is 6. The van der Waals surface area contributed by atoms with Crippen LogP contribution in [0.15, 0.2) is 78.7 Å². The molecule has 1 aliphatic rings. The van der Waals surface area contributed by atoms with Gasteiger partial charge in [0.15, 0.2) is 18.1 Å². The van der Waals surface area contributed by atoms with Crippen LogP contribution in [-0.2, 0) is 7.05 Å². The second kappa shape index (κ2) is 8.31. The topological polar surface area (TPSA) is 66.8 Å². The molecule has 164 valence electrons. The van der Waals surface area contributed by atoms with Gasteiger partial charge in [0.2, 0.25) is 5.78 Å². The molecule has 0 unspecified atom stereocenters. The number of carbonyl (C=O) groups excluding carboxylic acids is 2. The lowest BCUT2D eigenvalue weighted by Gasteiger charge is -2.06. The van der Waals surface area contributed by atoms with Crippen molar-refractivity contribution in [2.75, 3.05) is 13.7 Å². The molecule has 0 radical (unpaired) electrons. The molecule has 6 heteroatoms. The maximum absolute atomic E-state index is 12.9. The molecule has 1 aromatic heterocycles. The lowest BCUT2D eigenvalue weighted by atomic mass is 10.1. The van der Waals surface area contributed by atoms with Crippen molar-refractivity contribution in [3.8, 4) is 17.2 Å². The van der Waals surface area contributed by atoms with E-state index in [9.17, 15) is 9.59 Å². The fourth-order valence-corrected chi connectivity index (χ4v) is 3.90. The van der Waals surface area contributed by atoms with Gasteiger partial charge in [0.1, 0.15) is 17.2 Å². The molecular weight excluding hydrogens is 418 g/mol. The molecule has 2 heterocycles. The van der Waals surface area contributed by atoms with Crippen molar-refractivity contribution < 1.29 is 23.8 Å². The Bertz CT molecular complexity index is 1420. The SMILES string of the molecule is COc1ccc2c(c1)c(/C=C1\Oc3cc(OCC(=O)c4ccccc4)ccc3C1=O)cn2C. The third-order valence-electron chi connectivity index (χ3n) is 5.62. The molecule has 0 atom stereocenters. The van der Waals surface area contributed by atoms with E-state index in [1.807, 2.05) is 54.2 Å². The summed E-state index contributed by atoms with van der Waals surface area (Å²) in [5.41, 5.74) is 2.92. The molecule has 6 nitrogen and oxygen atoms in total. The van der Waals surface area contributed by atoms with Crippen LogP contribution in [0.2, 0.25) is 0 Å². The van der Waals surface area contributed by atoms with Gasteiger partial charge in [-0.25, -0.2) is 0 Å². The van der Waals surface area contributed by atoms with Gasteiger partial charge in [0.25, 0.3) is 0 Å². The van der Waals surface area contributed by atoms with E-state index >= 15 is 0 Å². The number of carbonyl (C=O) groups is 2. The highest BCUT2D eigenvalue weighted by atomic mass is 16.5. The van der Waals surface area contributed by atoms with E-state index in [1.54, 1.807) is 43.5 Å². The zero-order valence-electron chi connectivity index (χ0n) is 18.2. The van der Waals surface area contributed by atoms with Crippen LogP contribution in [0.3, 0.4) is 0 Å². The van der Waals surface area contributed by atoms with Gasteiger partial charge in [-0.2, -0.15) is 0 Å². The molecule has 0 N–H and O–H groups in total. The van der Waals surface area contributed by atoms with Crippen molar-refractivity contribution in [1.29, 1.82) is 0 Å². The van der Waals surface area contributed by atoms with Crippen LogP contribution in [0, 0.1) is 0 Å². The summed E-state index contributed by atoms with van der Waals surface area (Å²) in [6.45, 7) is -0.0999. The monoisotopic (exact) mass is 439 g/mol. The summed E-state index contributed by atoms with van der Waals surface area (Å²) in [6.07, 6.45) is 3.68. The molecule has 0 saturated heterocycles. The largest absolute Gasteiger partial charge is 0.497 e. The van der Waals surface area contributed by atoms with Crippen LogP contribution in [0.4, 0.5) is 0 Å². The number of hydrogen-bond acceptors (Lipinski definition) is 5. The average molecular weight is 439 g/mol. The fourth-order valence-electron chi connectivity index (χ4n) is 3.90. The second-order valence-electron chi connectivity index (χ2n) is 7.75. The quantitative estimate of drug-likeness (QED) is 0.310. The van der Waals surface area contributed by atoms with Crippen molar-refractivity contribution in [3.63, 3.8) is 0 Å². The number of allylic oxidation sites excluding steroid dienone is 1. The lowest BCUT2D eigenvalue weighted by Crippen LogP contribution is -2.11. The van der Waals surface area contributed by atoms with E-state index in [-0.39, 0.29) is 23.9 Å². The molecule has 0 aliphatic carbocycles. The van der Waals surface area contributed by atoms with Crippen LogP contribution in [0.1, 0.15) is 26.3 Å². The second-order valence-corrected chi connectivity index (χ2v) is 7.75. The van der Waals surface area contributed by atoms with Gasteiger partial charge >= 0.3 is 0 Å². The maximum Gasteiger partial charge on any atom is 0.231 e. The molecule has 33 heavy (non-hydrogen) atoms. The van der Waals surface area contributed by atoms with Crippen LogP contribution in [-0.4, -0.2) is 29.9 Å². The third kappa shape index (κ3) is 3.87. The van der Waals surface area contributed by atoms with Gasteiger partial charge in [-0.1, -0.05) is 30.3 Å². The molecule has 4 aromatic rings. The Balaban J connectivity index is 1.37. The van der Waals surface area contributed by atoms with E-state index in [2.05, 4.69) is 0 Å². The third-order valence-corrected chi connectivity index (χ3v) is 5.62. The predicted octanol–water partition coefficient (Wildman–Crippen LogP) is 5.06. The molecule has 3 aromatic carbocycles. The Hall–Kier alpha value is -4.32. The number of nitrogens with zero attached hydrogens (tertiary/aromatic N) is 1. The number of aryl methyl sites for hydroxylation is 1. The van der Waals surface area contributed by atoms with E-state index < -0.39 is 0 Å². The minimum atomic E-state index is -0.197. The summed E-state index contributed by atoms with van der Waals surface area (Å²) in [5, 5.41) is 0.958. The normalized spacial score (nSPS) is 13.8. The summed E-state index contributed by atoms with van der Waals surface area (Å²) in [5.74, 6) is 1.52. The van der Waals surface area contributed by atoms with Crippen molar-refractivity contribution in [2.24, 2.45) is 7.05 Å². The van der Waals surface area contributed by atoms with Gasteiger partial charge in [0, 0.05) is 41.3 Å².